The summed E-state index contributed by atoms with van der Waals surface area (Å²) >= 11 is 0. The van der Waals surface area contributed by atoms with E-state index in [0.29, 0.717) is 23.8 Å². The minimum absolute atomic E-state index is 0.474. The van der Waals surface area contributed by atoms with Crippen LogP contribution in [-0.4, -0.2) is 35.6 Å². The number of aliphatic imine (C=N–C) groups is 1. The largest absolute Gasteiger partial charge is 0.355 e. The Morgan fingerprint density at radius 3 is 2.52 bits per heavy atom. The standard InChI is InChI=1S/C18H29N3OS/c1-18(2)11-9-15(10-12-18)21-17(19-3)20-13-14-23(22)16-7-5-4-6-8-16/h4-8,15H,9-14H2,1-3H3,(H2,19,20,21). The van der Waals surface area contributed by atoms with Crippen molar-refractivity contribution in [3.8, 4) is 0 Å². The molecule has 1 atom stereocenters. The first-order chi connectivity index (χ1) is 11.0. The normalized spacial score (nSPS) is 20.0. The first kappa shape index (κ1) is 18.0. The Kier molecular flexibility index (Phi) is 6.63. The molecule has 0 radical (unpaired) electrons. The van der Waals surface area contributed by atoms with Crippen LogP contribution >= 0.6 is 0 Å². The highest BCUT2D eigenvalue weighted by Crippen LogP contribution is 2.34. The molecule has 1 aliphatic rings. The average Bonchev–Trinajstić information content (AvgIpc) is 2.56. The third-order valence-electron chi connectivity index (χ3n) is 4.49. The highest BCUT2D eigenvalue weighted by molar-refractivity contribution is 7.85. The summed E-state index contributed by atoms with van der Waals surface area (Å²) in [6.45, 7) is 5.34. The zero-order chi connectivity index (χ0) is 16.7. The van der Waals surface area contributed by atoms with E-state index in [1.807, 2.05) is 30.3 Å². The van der Waals surface area contributed by atoms with Crippen molar-refractivity contribution in [1.82, 2.24) is 10.6 Å². The third kappa shape index (κ3) is 5.98. The SMILES string of the molecule is CN=C(NCCS(=O)c1ccccc1)NC1CCC(C)(C)CC1. The lowest BCUT2D eigenvalue weighted by molar-refractivity contribution is 0.216. The Morgan fingerprint density at radius 1 is 1.26 bits per heavy atom. The lowest BCUT2D eigenvalue weighted by atomic mass is 9.75. The van der Waals surface area contributed by atoms with Crippen molar-refractivity contribution in [2.75, 3.05) is 19.3 Å². The van der Waals surface area contributed by atoms with Gasteiger partial charge in [0.2, 0.25) is 0 Å². The van der Waals surface area contributed by atoms with Crippen molar-refractivity contribution in [1.29, 1.82) is 0 Å². The fraction of sp³-hybridized carbons (Fsp3) is 0.611. The van der Waals surface area contributed by atoms with Gasteiger partial charge in [-0.25, -0.2) is 0 Å². The van der Waals surface area contributed by atoms with Gasteiger partial charge < -0.3 is 10.6 Å². The molecule has 0 aliphatic heterocycles. The molecule has 2 N–H and O–H groups in total. The summed E-state index contributed by atoms with van der Waals surface area (Å²) in [6, 6.07) is 10.1. The summed E-state index contributed by atoms with van der Waals surface area (Å²) in [5, 5.41) is 6.78. The van der Waals surface area contributed by atoms with E-state index in [9.17, 15) is 4.21 Å². The van der Waals surface area contributed by atoms with Gasteiger partial charge in [-0.15, -0.1) is 0 Å². The van der Waals surface area contributed by atoms with Crippen LogP contribution in [0, 0.1) is 5.41 Å². The second kappa shape index (κ2) is 8.48. The van der Waals surface area contributed by atoms with E-state index in [-0.39, 0.29) is 0 Å². The maximum absolute atomic E-state index is 12.2. The fourth-order valence-corrected chi connectivity index (χ4v) is 3.87. The molecule has 1 saturated carbocycles. The Balaban J connectivity index is 1.72. The Morgan fingerprint density at radius 2 is 1.91 bits per heavy atom. The van der Waals surface area contributed by atoms with Gasteiger partial charge in [0, 0.05) is 30.3 Å². The van der Waals surface area contributed by atoms with E-state index in [0.717, 1.165) is 10.9 Å². The van der Waals surface area contributed by atoms with E-state index < -0.39 is 10.8 Å². The molecule has 1 aromatic rings. The Labute approximate surface area is 142 Å². The summed E-state index contributed by atoms with van der Waals surface area (Å²) in [4.78, 5) is 5.16. The first-order valence-corrected chi connectivity index (χ1v) is 9.73. The number of nitrogens with zero attached hydrogens (tertiary/aromatic N) is 1. The highest BCUT2D eigenvalue weighted by Gasteiger charge is 2.27. The van der Waals surface area contributed by atoms with Crippen LogP contribution < -0.4 is 10.6 Å². The summed E-state index contributed by atoms with van der Waals surface area (Å²) in [5.41, 5.74) is 0.474. The van der Waals surface area contributed by atoms with Gasteiger partial charge in [0.1, 0.15) is 0 Å². The maximum atomic E-state index is 12.2. The number of benzene rings is 1. The molecule has 23 heavy (non-hydrogen) atoms. The second-order valence-electron chi connectivity index (χ2n) is 6.94. The number of guanidine groups is 1. The molecule has 1 aliphatic carbocycles. The summed E-state index contributed by atoms with van der Waals surface area (Å²) < 4.78 is 12.2. The van der Waals surface area contributed by atoms with Gasteiger partial charge in [0.05, 0.1) is 10.8 Å². The number of nitrogens with one attached hydrogen (secondary N) is 2. The predicted octanol–water partition coefficient (Wildman–Crippen LogP) is 2.93. The quantitative estimate of drug-likeness (QED) is 0.642. The van der Waals surface area contributed by atoms with Crippen molar-refractivity contribution in [2.45, 2.75) is 50.5 Å². The van der Waals surface area contributed by atoms with E-state index in [2.05, 4.69) is 29.5 Å². The van der Waals surface area contributed by atoms with Crippen LogP contribution in [0.4, 0.5) is 0 Å². The molecule has 2 rings (SSSR count). The van der Waals surface area contributed by atoms with Crippen LogP contribution in [0.25, 0.3) is 0 Å². The summed E-state index contributed by atoms with van der Waals surface area (Å²) in [5.74, 6) is 1.40. The molecule has 1 fully saturated rings. The maximum Gasteiger partial charge on any atom is 0.191 e. The molecule has 0 saturated heterocycles. The zero-order valence-corrected chi connectivity index (χ0v) is 15.3. The van der Waals surface area contributed by atoms with Crippen LogP contribution in [0.1, 0.15) is 39.5 Å². The van der Waals surface area contributed by atoms with E-state index in [4.69, 9.17) is 0 Å². The molecule has 4 nitrogen and oxygen atoms in total. The lowest BCUT2D eigenvalue weighted by Crippen LogP contribution is -2.46. The van der Waals surface area contributed by atoms with Crippen LogP contribution in [0.15, 0.2) is 40.2 Å². The average molecular weight is 336 g/mol. The van der Waals surface area contributed by atoms with Crippen molar-refractivity contribution in [3.63, 3.8) is 0 Å². The topological polar surface area (TPSA) is 53.5 Å². The minimum atomic E-state index is -0.964. The van der Waals surface area contributed by atoms with Gasteiger partial charge in [0.25, 0.3) is 0 Å². The van der Waals surface area contributed by atoms with Crippen molar-refractivity contribution < 1.29 is 4.21 Å². The molecular formula is C18H29N3OS. The van der Waals surface area contributed by atoms with Crippen molar-refractivity contribution >= 4 is 16.8 Å². The second-order valence-corrected chi connectivity index (χ2v) is 8.52. The van der Waals surface area contributed by atoms with Gasteiger partial charge in [-0.05, 0) is 43.2 Å². The summed E-state index contributed by atoms with van der Waals surface area (Å²) in [7, 11) is 0.824. The van der Waals surface area contributed by atoms with Crippen molar-refractivity contribution in [2.24, 2.45) is 10.4 Å². The lowest BCUT2D eigenvalue weighted by Gasteiger charge is -2.35. The highest BCUT2D eigenvalue weighted by atomic mass is 32.2. The number of rotatable bonds is 5. The zero-order valence-electron chi connectivity index (χ0n) is 14.5. The van der Waals surface area contributed by atoms with Gasteiger partial charge in [-0.2, -0.15) is 0 Å². The molecule has 0 bridgehead atoms. The monoisotopic (exact) mass is 335 g/mol. The number of hydrogen-bond donors (Lipinski definition) is 2. The minimum Gasteiger partial charge on any atom is -0.355 e. The van der Waals surface area contributed by atoms with Gasteiger partial charge >= 0.3 is 0 Å². The smallest absolute Gasteiger partial charge is 0.191 e. The molecule has 0 aromatic heterocycles. The molecule has 0 amide bonds. The van der Waals surface area contributed by atoms with Crippen LogP contribution in [-0.2, 0) is 10.8 Å². The molecule has 1 aromatic carbocycles. The Bertz CT molecular complexity index is 532. The summed E-state index contributed by atoms with van der Waals surface area (Å²) in [6.07, 6.45) is 4.87. The number of hydrogen-bond acceptors (Lipinski definition) is 2. The molecule has 128 valence electrons. The van der Waals surface area contributed by atoms with Crippen LogP contribution in [0.3, 0.4) is 0 Å². The van der Waals surface area contributed by atoms with Gasteiger partial charge in [0.15, 0.2) is 5.96 Å². The molecule has 1 unspecified atom stereocenters. The Hall–Kier alpha value is -1.36. The van der Waals surface area contributed by atoms with Gasteiger partial charge in [-0.1, -0.05) is 32.0 Å². The van der Waals surface area contributed by atoms with Crippen LogP contribution in [0.5, 0.6) is 0 Å². The van der Waals surface area contributed by atoms with E-state index in [1.165, 1.54) is 25.7 Å². The van der Waals surface area contributed by atoms with E-state index >= 15 is 0 Å². The van der Waals surface area contributed by atoms with E-state index in [1.54, 1.807) is 7.05 Å². The molecule has 0 heterocycles. The molecule has 0 spiro atoms. The molecule has 5 heteroatoms. The molecular weight excluding hydrogens is 306 g/mol. The predicted molar refractivity (Wildman–Crippen MR) is 98.3 cm³/mol. The van der Waals surface area contributed by atoms with Crippen molar-refractivity contribution in [3.05, 3.63) is 30.3 Å². The fourth-order valence-electron chi connectivity index (χ4n) is 2.88. The van der Waals surface area contributed by atoms with Gasteiger partial charge in [-0.3, -0.25) is 9.20 Å². The third-order valence-corrected chi connectivity index (χ3v) is 5.86. The van der Waals surface area contributed by atoms with Crippen LogP contribution in [0.2, 0.25) is 0 Å². The first-order valence-electron chi connectivity index (χ1n) is 8.41.